The third-order valence-corrected chi connectivity index (χ3v) is 4.75. The van der Waals surface area contributed by atoms with Gasteiger partial charge < -0.3 is 9.30 Å². The summed E-state index contributed by atoms with van der Waals surface area (Å²) in [6.07, 6.45) is 3.91. The van der Waals surface area contributed by atoms with Crippen molar-refractivity contribution in [3.63, 3.8) is 0 Å². The van der Waals surface area contributed by atoms with E-state index in [0.717, 1.165) is 50.6 Å². The molecule has 0 saturated heterocycles. The summed E-state index contributed by atoms with van der Waals surface area (Å²) in [6, 6.07) is 12.6. The summed E-state index contributed by atoms with van der Waals surface area (Å²) in [5, 5.41) is 1.19. The third-order valence-electron chi connectivity index (χ3n) is 4.75. The normalized spacial score (nSPS) is 18.2. The standard InChI is InChI=1S/C20H24N4O/c1-2-25-14-16-10-23(13-19-9-21-15-24(19)11-16)12-18-8-7-17-5-3-4-6-20(17)22-18/h3-9,15-16H,2,10-14H2,1H3/t16-/m0/s1. The van der Waals surface area contributed by atoms with Crippen LogP contribution in [-0.4, -0.2) is 39.2 Å². The van der Waals surface area contributed by atoms with Crippen LogP contribution in [0, 0.1) is 5.92 Å². The molecule has 0 spiro atoms. The van der Waals surface area contributed by atoms with Gasteiger partial charge in [-0.3, -0.25) is 9.88 Å². The van der Waals surface area contributed by atoms with Gasteiger partial charge in [-0.15, -0.1) is 0 Å². The minimum atomic E-state index is 0.468. The predicted octanol–water partition coefficient (Wildman–Crippen LogP) is 3.10. The molecule has 25 heavy (non-hydrogen) atoms. The Morgan fingerprint density at radius 2 is 2.08 bits per heavy atom. The lowest BCUT2D eigenvalue weighted by Crippen LogP contribution is -2.30. The van der Waals surface area contributed by atoms with Crippen molar-refractivity contribution in [3.8, 4) is 0 Å². The van der Waals surface area contributed by atoms with E-state index in [1.165, 1.54) is 11.1 Å². The molecule has 3 aromatic rings. The molecule has 5 nitrogen and oxygen atoms in total. The molecule has 1 aromatic carbocycles. The van der Waals surface area contributed by atoms with Crippen LogP contribution in [0.15, 0.2) is 48.9 Å². The van der Waals surface area contributed by atoms with Crippen LogP contribution in [0.1, 0.15) is 18.3 Å². The van der Waals surface area contributed by atoms with E-state index in [-0.39, 0.29) is 0 Å². The predicted molar refractivity (Wildman–Crippen MR) is 98.1 cm³/mol. The van der Waals surface area contributed by atoms with Crippen molar-refractivity contribution in [2.24, 2.45) is 5.92 Å². The highest BCUT2D eigenvalue weighted by Crippen LogP contribution is 2.19. The van der Waals surface area contributed by atoms with Gasteiger partial charge in [0.1, 0.15) is 0 Å². The van der Waals surface area contributed by atoms with Crippen LogP contribution in [0.25, 0.3) is 10.9 Å². The van der Waals surface area contributed by atoms with Gasteiger partial charge in [0.2, 0.25) is 0 Å². The first-order valence-electron chi connectivity index (χ1n) is 8.95. The summed E-state index contributed by atoms with van der Waals surface area (Å²) < 4.78 is 7.96. The molecular formula is C20H24N4O. The van der Waals surface area contributed by atoms with Crippen LogP contribution >= 0.6 is 0 Å². The number of rotatable bonds is 5. The molecule has 0 bridgehead atoms. The highest BCUT2D eigenvalue weighted by molar-refractivity contribution is 5.78. The quantitative estimate of drug-likeness (QED) is 0.718. The molecule has 2 aromatic heterocycles. The Bertz CT molecular complexity index is 844. The first-order chi connectivity index (χ1) is 12.3. The van der Waals surface area contributed by atoms with Gasteiger partial charge in [0, 0.05) is 50.3 Å². The molecule has 4 rings (SSSR count). The Hall–Kier alpha value is -2.24. The maximum atomic E-state index is 5.70. The number of benzene rings is 1. The highest BCUT2D eigenvalue weighted by Gasteiger charge is 2.22. The summed E-state index contributed by atoms with van der Waals surface area (Å²) >= 11 is 0. The van der Waals surface area contributed by atoms with E-state index < -0.39 is 0 Å². The second kappa shape index (κ2) is 7.33. The van der Waals surface area contributed by atoms with Gasteiger partial charge in [0.05, 0.1) is 29.8 Å². The molecule has 0 radical (unpaired) electrons. The lowest BCUT2D eigenvalue weighted by atomic mass is 10.1. The van der Waals surface area contributed by atoms with Gasteiger partial charge in [-0.2, -0.15) is 0 Å². The van der Waals surface area contributed by atoms with Crippen molar-refractivity contribution >= 4 is 10.9 Å². The molecule has 0 fully saturated rings. The van der Waals surface area contributed by atoms with Gasteiger partial charge >= 0.3 is 0 Å². The van der Waals surface area contributed by atoms with E-state index in [2.05, 4.69) is 51.7 Å². The minimum Gasteiger partial charge on any atom is -0.381 e. The SMILES string of the molecule is CCOC[C@H]1CN(Cc2ccc3ccccc3n2)Cc2cncn2C1. The van der Waals surface area contributed by atoms with Crippen LogP contribution in [0.5, 0.6) is 0 Å². The van der Waals surface area contributed by atoms with Crippen molar-refractivity contribution < 1.29 is 4.74 Å². The number of pyridine rings is 1. The zero-order valence-electron chi connectivity index (χ0n) is 14.6. The fraction of sp³-hybridized carbons (Fsp3) is 0.400. The number of aromatic nitrogens is 3. The first kappa shape index (κ1) is 16.2. The van der Waals surface area contributed by atoms with Gasteiger partial charge in [-0.1, -0.05) is 24.3 Å². The smallest absolute Gasteiger partial charge is 0.0948 e. The van der Waals surface area contributed by atoms with Gasteiger partial charge in [0.15, 0.2) is 0 Å². The van der Waals surface area contributed by atoms with E-state index in [1.54, 1.807) is 0 Å². The monoisotopic (exact) mass is 336 g/mol. The van der Waals surface area contributed by atoms with Crippen molar-refractivity contribution in [1.82, 2.24) is 19.4 Å². The summed E-state index contributed by atoms with van der Waals surface area (Å²) in [5.41, 5.74) is 3.44. The zero-order chi connectivity index (χ0) is 17.1. The molecule has 0 saturated carbocycles. The van der Waals surface area contributed by atoms with E-state index in [4.69, 9.17) is 9.72 Å². The molecule has 0 N–H and O–H groups in total. The number of hydrogen-bond acceptors (Lipinski definition) is 4. The topological polar surface area (TPSA) is 43.2 Å². The fourth-order valence-corrected chi connectivity index (χ4v) is 3.57. The van der Waals surface area contributed by atoms with Crippen molar-refractivity contribution in [1.29, 1.82) is 0 Å². The molecule has 0 unspecified atom stereocenters. The van der Waals surface area contributed by atoms with E-state index in [1.807, 2.05) is 18.6 Å². The average Bonchev–Trinajstić information content (AvgIpc) is 2.99. The fourth-order valence-electron chi connectivity index (χ4n) is 3.57. The lowest BCUT2D eigenvalue weighted by molar-refractivity contribution is 0.0848. The molecule has 0 amide bonds. The molecular weight excluding hydrogens is 312 g/mol. The van der Waals surface area contributed by atoms with Crippen LogP contribution in [0.3, 0.4) is 0 Å². The first-order valence-corrected chi connectivity index (χ1v) is 8.95. The maximum absolute atomic E-state index is 5.70. The lowest BCUT2D eigenvalue weighted by Gasteiger charge is -2.23. The van der Waals surface area contributed by atoms with Gasteiger partial charge in [-0.05, 0) is 19.1 Å². The summed E-state index contributed by atoms with van der Waals surface area (Å²) in [6.45, 7) is 7.33. The van der Waals surface area contributed by atoms with Crippen LogP contribution in [-0.2, 0) is 24.4 Å². The molecule has 1 aliphatic heterocycles. The van der Waals surface area contributed by atoms with Crippen LogP contribution < -0.4 is 0 Å². The molecule has 0 aliphatic carbocycles. The van der Waals surface area contributed by atoms with E-state index >= 15 is 0 Å². The summed E-state index contributed by atoms with van der Waals surface area (Å²) in [4.78, 5) is 11.6. The van der Waals surface area contributed by atoms with Crippen molar-refractivity contribution in [2.75, 3.05) is 19.8 Å². The number of fused-ring (bicyclic) bond motifs is 2. The molecule has 3 heterocycles. The average molecular weight is 336 g/mol. The van der Waals surface area contributed by atoms with Crippen molar-refractivity contribution in [3.05, 3.63) is 60.3 Å². The highest BCUT2D eigenvalue weighted by atomic mass is 16.5. The van der Waals surface area contributed by atoms with Gasteiger partial charge in [0.25, 0.3) is 0 Å². The van der Waals surface area contributed by atoms with Crippen LogP contribution in [0.2, 0.25) is 0 Å². The van der Waals surface area contributed by atoms with Crippen molar-refractivity contribution in [2.45, 2.75) is 26.6 Å². The maximum Gasteiger partial charge on any atom is 0.0948 e. The number of hydrogen-bond donors (Lipinski definition) is 0. The largest absolute Gasteiger partial charge is 0.381 e. The van der Waals surface area contributed by atoms with Gasteiger partial charge in [-0.25, -0.2) is 4.98 Å². The van der Waals surface area contributed by atoms with E-state index in [9.17, 15) is 0 Å². The molecule has 5 heteroatoms. The number of nitrogens with zero attached hydrogens (tertiary/aromatic N) is 4. The number of para-hydroxylation sites is 1. The zero-order valence-corrected chi connectivity index (χ0v) is 14.6. The minimum absolute atomic E-state index is 0.468. The Morgan fingerprint density at radius 1 is 1.16 bits per heavy atom. The summed E-state index contributed by atoms with van der Waals surface area (Å²) in [7, 11) is 0. The Morgan fingerprint density at radius 3 is 3.00 bits per heavy atom. The molecule has 1 atom stereocenters. The Balaban J connectivity index is 1.54. The Kier molecular flexibility index (Phi) is 4.76. The van der Waals surface area contributed by atoms with E-state index in [0.29, 0.717) is 5.92 Å². The number of ether oxygens (including phenoxy) is 1. The third kappa shape index (κ3) is 3.72. The molecule has 1 aliphatic rings. The van der Waals surface area contributed by atoms with Crippen LogP contribution in [0.4, 0.5) is 0 Å². The summed E-state index contributed by atoms with van der Waals surface area (Å²) in [5.74, 6) is 0.468. The second-order valence-corrected chi connectivity index (χ2v) is 6.73. The Labute approximate surface area is 148 Å². The second-order valence-electron chi connectivity index (χ2n) is 6.73. The number of imidazole rings is 1. The molecule has 130 valence electrons.